The summed E-state index contributed by atoms with van der Waals surface area (Å²) in [5.74, 6) is 1.71. The summed E-state index contributed by atoms with van der Waals surface area (Å²) in [5.41, 5.74) is 0.518. The number of piperazine rings is 1. The lowest BCUT2D eigenvalue weighted by atomic mass is 9.83. The molecule has 1 aliphatic carbocycles. The Kier molecular flexibility index (Phi) is 8.10. The predicted molar refractivity (Wildman–Crippen MR) is 134 cm³/mol. The third-order valence-electron chi connectivity index (χ3n) is 8.05. The van der Waals surface area contributed by atoms with Gasteiger partial charge in [-0.2, -0.15) is 0 Å². The number of nitrogens with one attached hydrogen (secondary N) is 1. The van der Waals surface area contributed by atoms with Gasteiger partial charge in [-0.1, -0.05) is 16.8 Å². The second-order valence-electron chi connectivity index (χ2n) is 10.4. The Labute approximate surface area is 211 Å². The van der Waals surface area contributed by atoms with Gasteiger partial charge in [0.15, 0.2) is 11.4 Å². The van der Waals surface area contributed by atoms with E-state index in [2.05, 4.69) is 20.3 Å². The van der Waals surface area contributed by atoms with Gasteiger partial charge in [-0.05, 0) is 69.4 Å². The van der Waals surface area contributed by atoms with Crippen molar-refractivity contribution in [1.82, 2.24) is 15.4 Å². The van der Waals surface area contributed by atoms with E-state index in [0.717, 1.165) is 77.5 Å². The molecule has 5 rings (SSSR count). The number of nitrogens with zero attached hydrogens (tertiary/aromatic N) is 3. The quantitative estimate of drug-likeness (QED) is 0.590. The van der Waals surface area contributed by atoms with Crippen LogP contribution >= 0.6 is 11.6 Å². The molecule has 0 atom stereocenters. The van der Waals surface area contributed by atoms with Crippen molar-refractivity contribution < 1.29 is 18.4 Å². The lowest BCUT2D eigenvalue weighted by Crippen LogP contribution is -2.47. The molecular formula is C26H36ClFN4O3. The van der Waals surface area contributed by atoms with Gasteiger partial charge in [0.25, 0.3) is 0 Å². The Hall–Kier alpha value is -1.90. The van der Waals surface area contributed by atoms with Gasteiger partial charge < -0.3 is 19.5 Å². The molecule has 0 bridgehead atoms. The number of anilines is 1. The summed E-state index contributed by atoms with van der Waals surface area (Å²) >= 11 is 5.86. The van der Waals surface area contributed by atoms with Crippen LogP contribution in [0.15, 0.2) is 16.7 Å². The first-order chi connectivity index (χ1) is 17.0. The minimum absolute atomic E-state index is 0.0522. The highest BCUT2D eigenvalue weighted by Crippen LogP contribution is 2.31. The second kappa shape index (κ2) is 11.4. The number of carbonyl (C=O) groups excluding carboxylic acids is 1. The van der Waals surface area contributed by atoms with Crippen molar-refractivity contribution >= 4 is 34.3 Å². The van der Waals surface area contributed by atoms with E-state index in [-0.39, 0.29) is 10.9 Å². The largest absolute Gasteiger partial charge is 0.381 e. The van der Waals surface area contributed by atoms with Crippen molar-refractivity contribution in [2.24, 2.45) is 11.8 Å². The summed E-state index contributed by atoms with van der Waals surface area (Å²) in [4.78, 5) is 17.1. The third kappa shape index (κ3) is 6.27. The number of aromatic nitrogens is 1. The van der Waals surface area contributed by atoms with Gasteiger partial charge in [0.1, 0.15) is 5.82 Å². The van der Waals surface area contributed by atoms with Gasteiger partial charge >= 0.3 is 0 Å². The van der Waals surface area contributed by atoms with Crippen LogP contribution in [0.4, 0.5) is 10.2 Å². The average Bonchev–Trinajstić information content (AvgIpc) is 3.27. The van der Waals surface area contributed by atoms with Crippen molar-refractivity contribution in [3.8, 4) is 0 Å². The van der Waals surface area contributed by atoms with Crippen LogP contribution in [0, 0.1) is 17.7 Å². The highest BCUT2D eigenvalue weighted by atomic mass is 35.5. The number of hydrogen-bond donors (Lipinski definition) is 1. The van der Waals surface area contributed by atoms with E-state index >= 15 is 0 Å². The fourth-order valence-corrected chi connectivity index (χ4v) is 5.95. The Morgan fingerprint density at radius 2 is 1.80 bits per heavy atom. The van der Waals surface area contributed by atoms with E-state index in [0.29, 0.717) is 35.2 Å². The normalized spacial score (nSPS) is 24.7. The number of halogens is 2. The highest BCUT2D eigenvalue weighted by Gasteiger charge is 2.26. The highest BCUT2D eigenvalue weighted by molar-refractivity contribution is 6.31. The molecule has 7 nitrogen and oxygen atoms in total. The SMILES string of the molecule is O=C(CC1CCOCC1)NC1CCC(CCN2CCN(c3noc4cc(Cl)c(F)cc34)CC2)CC1. The molecule has 35 heavy (non-hydrogen) atoms. The predicted octanol–water partition coefficient (Wildman–Crippen LogP) is 4.62. The zero-order valence-corrected chi connectivity index (χ0v) is 21.1. The van der Waals surface area contributed by atoms with Gasteiger partial charge in [-0.15, -0.1) is 0 Å². The number of ether oxygens (including phenoxy) is 1. The summed E-state index contributed by atoms with van der Waals surface area (Å²) in [5, 5.41) is 8.20. The molecule has 3 aliphatic rings. The van der Waals surface area contributed by atoms with Crippen molar-refractivity contribution in [3.05, 3.63) is 23.0 Å². The maximum Gasteiger partial charge on any atom is 0.220 e. The van der Waals surface area contributed by atoms with Crippen LogP contribution in [0.25, 0.3) is 11.0 Å². The summed E-state index contributed by atoms with van der Waals surface area (Å²) < 4.78 is 24.7. The topological polar surface area (TPSA) is 70.8 Å². The Balaban J connectivity index is 1.00. The number of carbonyl (C=O) groups is 1. The maximum atomic E-state index is 13.9. The van der Waals surface area contributed by atoms with Gasteiger partial charge in [-0.25, -0.2) is 4.39 Å². The standard InChI is InChI=1S/C26H36ClFN4O3/c27-22-17-24-21(16-23(22)28)26(30-35-24)32-11-9-31(10-12-32)8-5-18-1-3-20(4-2-18)29-25(33)15-19-6-13-34-14-7-19/h16-20H,1-15H2,(H,29,33). The number of benzene rings is 1. The summed E-state index contributed by atoms with van der Waals surface area (Å²) in [6, 6.07) is 3.25. The van der Waals surface area contributed by atoms with E-state index in [4.69, 9.17) is 20.9 Å². The summed E-state index contributed by atoms with van der Waals surface area (Å²) in [6.45, 7) is 6.30. The first-order valence-electron chi connectivity index (χ1n) is 13.1. The molecule has 1 N–H and O–H groups in total. The van der Waals surface area contributed by atoms with Crippen LogP contribution in [0.3, 0.4) is 0 Å². The van der Waals surface area contributed by atoms with Gasteiger partial charge in [0.2, 0.25) is 5.91 Å². The maximum absolute atomic E-state index is 13.9. The Morgan fingerprint density at radius 1 is 1.06 bits per heavy atom. The molecule has 1 aromatic carbocycles. The minimum Gasteiger partial charge on any atom is -0.381 e. The molecule has 192 valence electrons. The monoisotopic (exact) mass is 506 g/mol. The molecule has 9 heteroatoms. The molecule has 0 radical (unpaired) electrons. The molecule has 3 fully saturated rings. The number of rotatable bonds is 7. The van der Waals surface area contributed by atoms with Crippen LogP contribution in [0.2, 0.25) is 5.02 Å². The first-order valence-corrected chi connectivity index (χ1v) is 13.5. The van der Waals surface area contributed by atoms with Crippen LogP contribution in [-0.4, -0.2) is 67.9 Å². The van der Waals surface area contributed by atoms with Crippen molar-refractivity contribution in [2.75, 3.05) is 50.8 Å². The fourth-order valence-electron chi connectivity index (χ4n) is 5.79. The molecular weight excluding hydrogens is 471 g/mol. The van der Waals surface area contributed by atoms with Crippen molar-refractivity contribution in [2.45, 2.75) is 57.4 Å². The van der Waals surface area contributed by atoms with Gasteiger partial charge in [0.05, 0.1) is 10.4 Å². The molecule has 1 saturated carbocycles. The van der Waals surface area contributed by atoms with E-state index in [1.54, 1.807) is 0 Å². The molecule has 0 spiro atoms. The third-order valence-corrected chi connectivity index (χ3v) is 8.34. The van der Waals surface area contributed by atoms with E-state index in [9.17, 15) is 9.18 Å². The molecule has 3 heterocycles. The minimum atomic E-state index is -0.448. The number of amides is 1. The average molecular weight is 507 g/mol. The molecule has 2 saturated heterocycles. The summed E-state index contributed by atoms with van der Waals surface area (Å²) in [6.07, 6.45) is 8.47. The Bertz CT molecular complexity index is 996. The van der Waals surface area contributed by atoms with Crippen molar-refractivity contribution in [3.63, 3.8) is 0 Å². The first kappa shape index (κ1) is 24.8. The molecule has 0 unspecified atom stereocenters. The van der Waals surface area contributed by atoms with E-state index in [1.807, 2.05) is 0 Å². The molecule has 2 aliphatic heterocycles. The van der Waals surface area contributed by atoms with Crippen LogP contribution in [0.5, 0.6) is 0 Å². The molecule has 2 aromatic rings. The van der Waals surface area contributed by atoms with E-state index < -0.39 is 5.82 Å². The van der Waals surface area contributed by atoms with Crippen molar-refractivity contribution in [1.29, 1.82) is 0 Å². The Morgan fingerprint density at radius 3 is 2.54 bits per heavy atom. The van der Waals surface area contributed by atoms with Crippen LogP contribution < -0.4 is 10.2 Å². The summed E-state index contributed by atoms with van der Waals surface area (Å²) in [7, 11) is 0. The molecule has 1 aromatic heterocycles. The number of hydrogen-bond acceptors (Lipinski definition) is 6. The lowest BCUT2D eigenvalue weighted by Gasteiger charge is -2.36. The number of fused-ring (bicyclic) bond motifs is 1. The van der Waals surface area contributed by atoms with Gasteiger partial charge in [-0.3, -0.25) is 9.69 Å². The fraction of sp³-hybridized carbons (Fsp3) is 0.692. The lowest BCUT2D eigenvalue weighted by molar-refractivity contribution is -0.123. The molecule has 1 amide bonds. The van der Waals surface area contributed by atoms with Crippen LogP contribution in [0.1, 0.15) is 51.4 Å². The zero-order chi connectivity index (χ0) is 24.2. The van der Waals surface area contributed by atoms with Crippen LogP contribution in [-0.2, 0) is 9.53 Å². The van der Waals surface area contributed by atoms with Gasteiger partial charge in [0, 0.05) is 57.9 Å². The van der Waals surface area contributed by atoms with E-state index in [1.165, 1.54) is 31.4 Å². The zero-order valence-electron chi connectivity index (χ0n) is 20.3. The smallest absolute Gasteiger partial charge is 0.220 e. The second-order valence-corrected chi connectivity index (χ2v) is 10.8.